The van der Waals surface area contributed by atoms with Crippen molar-refractivity contribution in [3.8, 4) is 0 Å². The molecule has 1 aliphatic carbocycles. The van der Waals surface area contributed by atoms with Crippen LogP contribution in [0.3, 0.4) is 0 Å². The van der Waals surface area contributed by atoms with Crippen LogP contribution < -0.4 is 0 Å². The first-order valence-electron chi connectivity index (χ1n) is 5.08. The molecule has 78 valence electrons. The summed E-state index contributed by atoms with van der Waals surface area (Å²) in [5.41, 5.74) is 1.44. The molecule has 2 nitrogen and oxygen atoms in total. The number of aryl methyl sites for hydroxylation is 1. The number of nitrogens with zero attached hydrogens (tertiary/aromatic N) is 1. The molecule has 3 rings (SSSR count). The second-order valence-corrected chi connectivity index (χ2v) is 4.73. The number of aromatic nitrogens is 1. The lowest BCUT2D eigenvalue weighted by Gasteiger charge is -2.10. The summed E-state index contributed by atoms with van der Waals surface area (Å²) < 4.78 is 1.99. The van der Waals surface area contributed by atoms with Crippen LogP contribution in [0.2, 0.25) is 5.02 Å². The fourth-order valence-corrected chi connectivity index (χ4v) is 2.51. The van der Waals surface area contributed by atoms with E-state index in [9.17, 15) is 5.11 Å². The van der Waals surface area contributed by atoms with Gasteiger partial charge in [0, 0.05) is 24.1 Å². The van der Waals surface area contributed by atoms with E-state index in [1.54, 1.807) is 0 Å². The standard InChI is InChI=1S/C12H12ClNO/c1-14-7-9(13)11-8(12(15)5-6-12)3-2-4-10(11)14/h2-4,7,15H,5-6H2,1H3. The van der Waals surface area contributed by atoms with Gasteiger partial charge in [-0.05, 0) is 24.5 Å². The lowest BCUT2D eigenvalue weighted by molar-refractivity contribution is 0.153. The minimum Gasteiger partial charge on any atom is -0.385 e. The molecule has 1 saturated carbocycles. The average Bonchev–Trinajstić information content (AvgIpc) is 2.89. The summed E-state index contributed by atoms with van der Waals surface area (Å²) in [4.78, 5) is 0. The lowest BCUT2D eigenvalue weighted by Crippen LogP contribution is -2.04. The van der Waals surface area contributed by atoms with E-state index in [2.05, 4.69) is 0 Å². The molecule has 1 heterocycles. The molecule has 1 fully saturated rings. The highest BCUT2D eigenvalue weighted by Crippen LogP contribution is 2.48. The highest BCUT2D eigenvalue weighted by molar-refractivity contribution is 6.36. The highest BCUT2D eigenvalue weighted by atomic mass is 35.5. The minimum absolute atomic E-state index is 0.621. The van der Waals surface area contributed by atoms with Gasteiger partial charge >= 0.3 is 0 Å². The van der Waals surface area contributed by atoms with Gasteiger partial charge in [0.15, 0.2) is 0 Å². The summed E-state index contributed by atoms with van der Waals surface area (Å²) in [6.45, 7) is 0. The monoisotopic (exact) mass is 221 g/mol. The maximum atomic E-state index is 10.2. The van der Waals surface area contributed by atoms with Crippen molar-refractivity contribution < 1.29 is 5.11 Å². The number of halogens is 1. The maximum Gasteiger partial charge on any atom is 0.0906 e. The van der Waals surface area contributed by atoms with Crippen molar-refractivity contribution in [2.45, 2.75) is 18.4 Å². The Bertz CT molecular complexity index is 540. The van der Waals surface area contributed by atoms with E-state index in [1.807, 2.05) is 36.0 Å². The van der Waals surface area contributed by atoms with Crippen molar-refractivity contribution in [2.24, 2.45) is 7.05 Å². The van der Waals surface area contributed by atoms with Crippen molar-refractivity contribution in [3.63, 3.8) is 0 Å². The molecule has 0 saturated heterocycles. The van der Waals surface area contributed by atoms with Crippen LogP contribution in [-0.4, -0.2) is 9.67 Å². The van der Waals surface area contributed by atoms with E-state index in [0.717, 1.165) is 34.3 Å². The Hall–Kier alpha value is -0.990. The number of rotatable bonds is 1. The van der Waals surface area contributed by atoms with Crippen LogP contribution in [0, 0.1) is 0 Å². The molecular formula is C12H12ClNO. The first-order chi connectivity index (χ1) is 7.12. The summed E-state index contributed by atoms with van der Waals surface area (Å²) in [5, 5.41) is 11.9. The smallest absolute Gasteiger partial charge is 0.0906 e. The van der Waals surface area contributed by atoms with Gasteiger partial charge in [-0.2, -0.15) is 0 Å². The van der Waals surface area contributed by atoms with Crippen molar-refractivity contribution >= 4 is 22.5 Å². The molecule has 0 aliphatic heterocycles. The zero-order valence-electron chi connectivity index (χ0n) is 8.50. The van der Waals surface area contributed by atoms with Crippen LogP contribution in [0.15, 0.2) is 24.4 Å². The molecule has 2 aromatic rings. The van der Waals surface area contributed by atoms with Gasteiger partial charge in [0.05, 0.1) is 10.6 Å². The third-order valence-electron chi connectivity index (χ3n) is 3.19. The summed E-state index contributed by atoms with van der Waals surface area (Å²) in [7, 11) is 1.97. The Morgan fingerprint density at radius 3 is 2.80 bits per heavy atom. The molecule has 0 atom stereocenters. The Morgan fingerprint density at radius 2 is 2.13 bits per heavy atom. The van der Waals surface area contributed by atoms with Crippen molar-refractivity contribution in [2.75, 3.05) is 0 Å². The third kappa shape index (κ3) is 1.22. The summed E-state index contributed by atoms with van der Waals surface area (Å²) in [5.74, 6) is 0. The van der Waals surface area contributed by atoms with Gasteiger partial charge in [-0.15, -0.1) is 0 Å². The molecule has 3 heteroatoms. The van der Waals surface area contributed by atoms with Crippen LogP contribution in [0.4, 0.5) is 0 Å². The average molecular weight is 222 g/mol. The van der Waals surface area contributed by atoms with Crippen molar-refractivity contribution in [1.29, 1.82) is 0 Å². The number of benzene rings is 1. The fourth-order valence-electron chi connectivity index (χ4n) is 2.16. The van der Waals surface area contributed by atoms with Crippen LogP contribution in [0.5, 0.6) is 0 Å². The molecule has 1 N–H and O–H groups in total. The molecule has 0 bridgehead atoms. The van der Waals surface area contributed by atoms with Gasteiger partial charge in [-0.3, -0.25) is 0 Å². The second kappa shape index (κ2) is 2.77. The molecule has 0 amide bonds. The minimum atomic E-state index is -0.621. The molecule has 1 aromatic heterocycles. The van der Waals surface area contributed by atoms with Gasteiger partial charge in [0.25, 0.3) is 0 Å². The third-order valence-corrected chi connectivity index (χ3v) is 3.48. The largest absolute Gasteiger partial charge is 0.385 e. The van der Waals surface area contributed by atoms with E-state index in [0.29, 0.717) is 0 Å². The zero-order valence-corrected chi connectivity index (χ0v) is 9.25. The van der Waals surface area contributed by atoms with Gasteiger partial charge in [0.1, 0.15) is 0 Å². The number of hydrogen-bond acceptors (Lipinski definition) is 1. The highest BCUT2D eigenvalue weighted by Gasteiger charge is 2.43. The zero-order chi connectivity index (χ0) is 10.6. The molecule has 1 aromatic carbocycles. The summed E-state index contributed by atoms with van der Waals surface area (Å²) >= 11 is 6.18. The fraction of sp³-hybridized carbons (Fsp3) is 0.333. The predicted molar refractivity (Wildman–Crippen MR) is 61.1 cm³/mol. The maximum absolute atomic E-state index is 10.2. The first kappa shape index (κ1) is 9.25. The van der Waals surface area contributed by atoms with E-state index >= 15 is 0 Å². The van der Waals surface area contributed by atoms with E-state index in [1.165, 1.54) is 0 Å². The summed E-state index contributed by atoms with van der Waals surface area (Å²) in [6.07, 6.45) is 3.58. The SMILES string of the molecule is Cn1cc(Cl)c2c(C3(O)CC3)cccc21. The van der Waals surface area contributed by atoms with Crippen LogP contribution >= 0.6 is 11.6 Å². The van der Waals surface area contributed by atoms with E-state index in [4.69, 9.17) is 11.6 Å². The predicted octanol–water partition coefficient (Wildman–Crippen LogP) is 2.81. The topological polar surface area (TPSA) is 25.2 Å². The number of hydrogen-bond donors (Lipinski definition) is 1. The number of fused-ring (bicyclic) bond motifs is 1. The Labute approximate surface area is 93.1 Å². The molecule has 1 aliphatic rings. The van der Waals surface area contributed by atoms with Gasteiger partial charge in [-0.25, -0.2) is 0 Å². The lowest BCUT2D eigenvalue weighted by atomic mass is 10.0. The van der Waals surface area contributed by atoms with Gasteiger partial charge in [-0.1, -0.05) is 23.7 Å². The molecule has 15 heavy (non-hydrogen) atoms. The Morgan fingerprint density at radius 1 is 1.40 bits per heavy atom. The quantitative estimate of drug-likeness (QED) is 0.787. The number of aliphatic hydroxyl groups is 1. The van der Waals surface area contributed by atoms with Gasteiger partial charge < -0.3 is 9.67 Å². The molecule has 0 radical (unpaired) electrons. The first-order valence-corrected chi connectivity index (χ1v) is 5.46. The van der Waals surface area contributed by atoms with Crippen molar-refractivity contribution in [3.05, 3.63) is 35.0 Å². The normalized spacial score (nSPS) is 18.3. The molecule has 0 spiro atoms. The van der Waals surface area contributed by atoms with Crippen molar-refractivity contribution in [1.82, 2.24) is 4.57 Å². The van der Waals surface area contributed by atoms with Crippen LogP contribution in [0.1, 0.15) is 18.4 Å². The van der Waals surface area contributed by atoms with Crippen LogP contribution in [-0.2, 0) is 12.6 Å². The summed E-state index contributed by atoms with van der Waals surface area (Å²) in [6, 6.07) is 5.97. The Balaban J connectivity index is 2.39. The van der Waals surface area contributed by atoms with Gasteiger partial charge in [0.2, 0.25) is 0 Å². The van der Waals surface area contributed by atoms with Crippen LogP contribution in [0.25, 0.3) is 10.9 Å². The van der Waals surface area contributed by atoms with E-state index < -0.39 is 5.60 Å². The molecular weight excluding hydrogens is 210 g/mol. The Kier molecular flexibility index (Phi) is 1.71. The van der Waals surface area contributed by atoms with E-state index in [-0.39, 0.29) is 0 Å². The second-order valence-electron chi connectivity index (χ2n) is 4.32. The molecule has 0 unspecified atom stereocenters.